The Morgan fingerprint density at radius 2 is 1.41 bits per heavy atom. The van der Waals surface area contributed by atoms with E-state index in [-0.39, 0.29) is 17.9 Å². The van der Waals surface area contributed by atoms with Crippen LogP contribution in [-0.2, 0) is 57.6 Å². The van der Waals surface area contributed by atoms with Gasteiger partial charge in [0.05, 0.1) is 24.8 Å². The van der Waals surface area contributed by atoms with Gasteiger partial charge in [0.15, 0.2) is 18.2 Å². The largest absolute Gasteiger partial charge is 0.452 e. The molecule has 18 heteroatoms. The maximum absolute atomic E-state index is 13.4. The highest BCUT2D eigenvalue weighted by molar-refractivity contribution is 7.81. The molecule has 1 aromatic rings. The Labute approximate surface area is 344 Å². The molecule has 2 aliphatic rings. The van der Waals surface area contributed by atoms with Crippen LogP contribution in [0.4, 0.5) is 0 Å². The standard InChI is InChI=1S/C40H65NO15S2/c1-5-7-9-10-11-12-13-14-15-16-17-18-23-26-32(52-38(43)30-24-21-19-22-25-30)31(41-34(42)27-20-8-6-2)28-50-39-37(56-58(47,48)49)36-35(54-40(3,4)55-36)33(53-39)29-51-57(44,45)46/h19,21-26,31-33,35-37,39H,5-18,20,27-29H2,1-4H3,(H,41,42)(H,44,45,46)(H,47,48,49)/b26-23+/t31-,32+,33+,35-,36-,37+,39+/m0/s1. The summed E-state index contributed by atoms with van der Waals surface area (Å²) in [5, 5.41) is 2.90. The number of carbonyl (C=O) groups excluding carboxylic acids is 2. The Hall–Kier alpha value is -2.52. The molecule has 2 fully saturated rings. The molecule has 2 heterocycles. The molecule has 0 spiro atoms. The molecule has 0 saturated carbocycles. The molecule has 2 saturated heterocycles. The molecule has 16 nitrogen and oxygen atoms in total. The second-order valence-electron chi connectivity index (χ2n) is 15.3. The minimum absolute atomic E-state index is 0.166. The third-order valence-corrected chi connectivity index (χ3v) is 10.7. The van der Waals surface area contributed by atoms with Crippen LogP contribution in [0.2, 0.25) is 0 Å². The quantitative estimate of drug-likeness (QED) is 0.0326. The molecule has 332 valence electrons. The van der Waals surface area contributed by atoms with Crippen molar-refractivity contribution in [2.24, 2.45) is 0 Å². The van der Waals surface area contributed by atoms with Crippen LogP contribution >= 0.6 is 0 Å². The molecule has 58 heavy (non-hydrogen) atoms. The Bertz CT molecular complexity index is 1610. The fraction of sp³-hybridized carbons (Fsp3) is 0.750. The summed E-state index contributed by atoms with van der Waals surface area (Å²) in [7, 11) is -10.1. The zero-order valence-corrected chi connectivity index (χ0v) is 36.0. The molecule has 0 bridgehead atoms. The van der Waals surface area contributed by atoms with Crippen LogP contribution < -0.4 is 5.32 Å². The molecule has 7 atom stereocenters. The van der Waals surface area contributed by atoms with Crippen LogP contribution in [0.3, 0.4) is 0 Å². The first-order valence-electron chi connectivity index (χ1n) is 20.6. The predicted octanol–water partition coefficient (Wildman–Crippen LogP) is 6.80. The molecule has 0 radical (unpaired) electrons. The van der Waals surface area contributed by atoms with E-state index in [9.17, 15) is 35.5 Å². The van der Waals surface area contributed by atoms with Crippen molar-refractivity contribution in [1.29, 1.82) is 0 Å². The van der Waals surface area contributed by atoms with Crippen LogP contribution in [-0.4, -0.2) is 99.7 Å². The lowest BCUT2D eigenvalue weighted by atomic mass is 9.99. The SMILES string of the molecule is CCCCCCCCCCCCC/C=C/[C@@H](OC(=O)c1ccccc1)[C@H](CO[C@@H]1O[C@H](COS(=O)(=O)O)[C@@H]2OC(C)(C)O[C@@H]2[C@H]1OS(=O)(=O)O)NC(=O)CCCCC. The number of hydrogen-bond acceptors (Lipinski definition) is 13. The maximum Gasteiger partial charge on any atom is 0.397 e. The molecule has 1 amide bonds. The first-order chi connectivity index (χ1) is 27.5. The van der Waals surface area contributed by atoms with Crippen molar-refractivity contribution in [3.63, 3.8) is 0 Å². The van der Waals surface area contributed by atoms with Crippen molar-refractivity contribution in [2.75, 3.05) is 13.2 Å². The molecule has 2 aliphatic heterocycles. The van der Waals surface area contributed by atoms with Crippen molar-refractivity contribution in [3.8, 4) is 0 Å². The highest BCUT2D eigenvalue weighted by Gasteiger charge is 2.58. The molecular formula is C40H65NO15S2. The first-order valence-corrected chi connectivity index (χ1v) is 23.4. The molecular weight excluding hydrogens is 799 g/mol. The van der Waals surface area contributed by atoms with Gasteiger partial charge in [0.25, 0.3) is 0 Å². The fourth-order valence-electron chi connectivity index (χ4n) is 6.91. The Balaban J connectivity index is 1.83. The Kier molecular flexibility index (Phi) is 21.7. The number of hydrogen-bond donors (Lipinski definition) is 3. The molecule has 3 N–H and O–H groups in total. The van der Waals surface area contributed by atoms with E-state index in [0.29, 0.717) is 12.8 Å². The van der Waals surface area contributed by atoms with E-state index < -0.39 is 88.6 Å². The first kappa shape index (κ1) is 49.8. The third-order valence-electron chi connectivity index (χ3n) is 9.79. The summed E-state index contributed by atoms with van der Waals surface area (Å²) in [5.74, 6) is -2.39. The summed E-state index contributed by atoms with van der Waals surface area (Å²) < 4.78 is 105. The molecule has 0 aliphatic carbocycles. The Morgan fingerprint density at radius 1 is 0.828 bits per heavy atom. The van der Waals surface area contributed by atoms with E-state index in [1.807, 2.05) is 13.0 Å². The van der Waals surface area contributed by atoms with Crippen molar-refractivity contribution >= 4 is 32.7 Å². The van der Waals surface area contributed by atoms with E-state index in [0.717, 1.165) is 32.1 Å². The van der Waals surface area contributed by atoms with Crippen LogP contribution in [0.25, 0.3) is 0 Å². The van der Waals surface area contributed by atoms with Crippen LogP contribution in [0.1, 0.15) is 141 Å². The minimum Gasteiger partial charge on any atom is -0.452 e. The monoisotopic (exact) mass is 863 g/mol. The van der Waals surface area contributed by atoms with E-state index in [2.05, 4.69) is 16.4 Å². The molecule has 3 rings (SSSR count). The lowest BCUT2D eigenvalue weighted by Gasteiger charge is -2.41. The third kappa shape index (κ3) is 19.2. The normalized spacial score (nSPS) is 23.0. The summed E-state index contributed by atoms with van der Waals surface area (Å²) in [6.07, 6.45) is 11.4. The number of fused-ring (bicyclic) bond motifs is 1. The van der Waals surface area contributed by atoms with Gasteiger partial charge in [-0.3, -0.25) is 13.9 Å². The molecule has 0 aromatic heterocycles. The van der Waals surface area contributed by atoms with Gasteiger partial charge >= 0.3 is 26.8 Å². The van der Waals surface area contributed by atoms with Crippen LogP contribution in [0.15, 0.2) is 42.5 Å². The maximum atomic E-state index is 13.4. The van der Waals surface area contributed by atoms with Crippen molar-refractivity contribution in [3.05, 3.63) is 48.0 Å². The van der Waals surface area contributed by atoms with Gasteiger partial charge in [0, 0.05) is 6.42 Å². The van der Waals surface area contributed by atoms with Crippen molar-refractivity contribution < 1.29 is 67.6 Å². The molecule has 0 unspecified atom stereocenters. The summed E-state index contributed by atoms with van der Waals surface area (Å²) in [5.41, 5.74) is 0.270. The van der Waals surface area contributed by atoms with E-state index in [1.54, 1.807) is 36.4 Å². The molecule has 1 aromatic carbocycles. The summed E-state index contributed by atoms with van der Waals surface area (Å²) in [4.78, 5) is 26.7. The smallest absolute Gasteiger partial charge is 0.397 e. The van der Waals surface area contributed by atoms with Gasteiger partial charge in [0.1, 0.15) is 24.4 Å². The summed E-state index contributed by atoms with van der Waals surface area (Å²) in [6, 6.07) is 7.24. The minimum atomic E-state index is -5.16. The van der Waals surface area contributed by atoms with Gasteiger partial charge in [-0.1, -0.05) is 115 Å². The highest BCUT2D eigenvalue weighted by Crippen LogP contribution is 2.39. The number of esters is 1. The van der Waals surface area contributed by atoms with Gasteiger partial charge in [0.2, 0.25) is 5.91 Å². The number of amides is 1. The van der Waals surface area contributed by atoms with Crippen LogP contribution in [0.5, 0.6) is 0 Å². The van der Waals surface area contributed by atoms with Crippen molar-refractivity contribution in [1.82, 2.24) is 5.32 Å². The topological polar surface area (TPSA) is 220 Å². The van der Waals surface area contributed by atoms with Gasteiger partial charge < -0.3 is 29.0 Å². The van der Waals surface area contributed by atoms with Gasteiger partial charge in [-0.25, -0.2) is 13.2 Å². The number of allylic oxidation sites excluding steroid dienone is 1. The number of carbonyl (C=O) groups is 2. The predicted molar refractivity (Wildman–Crippen MR) is 214 cm³/mol. The van der Waals surface area contributed by atoms with Gasteiger partial charge in [-0.2, -0.15) is 16.8 Å². The van der Waals surface area contributed by atoms with Gasteiger partial charge in [-0.05, 0) is 51.3 Å². The number of unbranched alkanes of at least 4 members (excludes halogenated alkanes) is 13. The van der Waals surface area contributed by atoms with Gasteiger partial charge in [-0.15, -0.1) is 0 Å². The highest BCUT2D eigenvalue weighted by atomic mass is 32.3. The Morgan fingerprint density at radius 3 is 2.02 bits per heavy atom. The van der Waals surface area contributed by atoms with Crippen LogP contribution in [0, 0.1) is 0 Å². The summed E-state index contributed by atoms with van der Waals surface area (Å²) in [6.45, 7) is 5.97. The van der Waals surface area contributed by atoms with E-state index in [1.165, 1.54) is 65.2 Å². The second kappa shape index (κ2) is 25.3. The van der Waals surface area contributed by atoms with E-state index >= 15 is 0 Å². The fourth-order valence-corrected chi connectivity index (χ4v) is 7.70. The zero-order chi connectivity index (χ0) is 42.6. The van der Waals surface area contributed by atoms with E-state index in [4.69, 9.17) is 27.9 Å². The number of ether oxygens (including phenoxy) is 5. The lowest BCUT2D eigenvalue weighted by molar-refractivity contribution is -0.277. The number of nitrogens with one attached hydrogen (secondary N) is 1. The average Bonchev–Trinajstić information content (AvgIpc) is 3.49. The lowest BCUT2D eigenvalue weighted by Crippen LogP contribution is -2.60. The number of rotatable bonds is 29. The van der Waals surface area contributed by atoms with Crippen molar-refractivity contribution in [2.45, 2.75) is 179 Å². The average molecular weight is 864 g/mol. The zero-order valence-electron chi connectivity index (χ0n) is 34.3. The second-order valence-corrected chi connectivity index (χ2v) is 17.4. The number of benzene rings is 1. The summed E-state index contributed by atoms with van der Waals surface area (Å²) >= 11 is 0.